The fourth-order valence-electron chi connectivity index (χ4n) is 2.47. The Hall–Kier alpha value is 0.490. The van der Waals surface area contributed by atoms with Crippen LogP contribution in [0.4, 0.5) is 0 Å². The van der Waals surface area contributed by atoms with Gasteiger partial charge in [0.15, 0.2) is 0 Å². The molecule has 100 valence electrons. The first-order chi connectivity index (χ1) is 8.70. The van der Waals surface area contributed by atoms with Crippen molar-refractivity contribution in [2.75, 3.05) is 5.75 Å². The standard InChI is InChI=1S/C14H19Br2NS/c1-2-18-14-5-3-4-13(14)17-9-10-6-7-11(15)12(16)8-10/h6-8,13-14,17H,2-5,9H2,1H3. The molecule has 2 rings (SSSR count). The molecule has 1 nitrogen and oxygen atoms in total. The maximum absolute atomic E-state index is 3.72. The first-order valence-corrected chi connectivity index (χ1v) is 9.13. The maximum Gasteiger partial charge on any atom is 0.0320 e. The predicted molar refractivity (Wildman–Crippen MR) is 88.2 cm³/mol. The third kappa shape index (κ3) is 3.99. The summed E-state index contributed by atoms with van der Waals surface area (Å²) in [5, 5.41) is 4.54. The molecule has 0 heterocycles. The molecule has 1 aromatic carbocycles. The molecule has 1 saturated carbocycles. The summed E-state index contributed by atoms with van der Waals surface area (Å²) in [6.45, 7) is 3.23. The number of nitrogens with one attached hydrogen (secondary N) is 1. The number of benzene rings is 1. The molecule has 0 radical (unpaired) electrons. The van der Waals surface area contributed by atoms with Gasteiger partial charge < -0.3 is 5.32 Å². The monoisotopic (exact) mass is 391 g/mol. The van der Waals surface area contributed by atoms with E-state index in [9.17, 15) is 0 Å². The first-order valence-electron chi connectivity index (χ1n) is 6.49. The summed E-state index contributed by atoms with van der Waals surface area (Å²) in [5.74, 6) is 1.23. The second kappa shape index (κ2) is 7.32. The highest BCUT2D eigenvalue weighted by atomic mass is 79.9. The molecule has 1 N–H and O–H groups in total. The van der Waals surface area contributed by atoms with Gasteiger partial charge >= 0.3 is 0 Å². The van der Waals surface area contributed by atoms with Gasteiger partial charge in [-0.1, -0.05) is 19.4 Å². The minimum atomic E-state index is 0.692. The molecule has 18 heavy (non-hydrogen) atoms. The van der Waals surface area contributed by atoms with Crippen LogP contribution in [0.15, 0.2) is 27.1 Å². The molecule has 4 heteroatoms. The minimum Gasteiger partial charge on any atom is -0.309 e. The average Bonchev–Trinajstić information content (AvgIpc) is 2.79. The smallest absolute Gasteiger partial charge is 0.0320 e. The molecule has 1 aliphatic carbocycles. The van der Waals surface area contributed by atoms with Crippen LogP contribution in [0, 0.1) is 0 Å². The van der Waals surface area contributed by atoms with Crippen molar-refractivity contribution < 1.29 is 0 Å². The molecule has 2 atom stereocenters. The van der Waals surface area contributed by atoms with E-state index in [4.69, 9.17) is 0 Å². The fourth-order valence-corrected chi connectivity index (χ4v) is 4.37. The third-order valence-corrected chi connectivity index (χ3v) is 6.59. The van der Waals surface area contributed by atoms with Crippen molar-refractivity contribution in [3.8, 4) is 0 Å². The predicted octanol–water partition coefficient (Wildman–Crippen LogP) is 4.98. The van der Waals surface area contributed by atoms with E-state index in [2.05, 4.69) is 74.1 Å². The number of rotatable bonds is 5. The summed E-state index contributed by atoms with van der Waals surface area (Å²) in [6, 6.07) is 7.17. The Kier molecular flexibility index (Phi) is 6.05. The van der Waals surface area contributed by atoms with E-state index in [1.165, 1.54) is 30.6 Å². The van der Waals surface area contributed by atoms with Crippen LogP contribution in [-0.4, -0.2) is 17.0 Å². The van der Waals surface area contributed by atoms with Crippen LogP contribution < -0.4 is 5.32 Å². The van der Waals surface area contributed by atoms with E-state index >= 15 is 0 Å². The Balaban J connectivity index is 1.88. The molecule has 1 fully saturated rings. The molecule has 0 saturated heterocycles. The van der Waals surface area contributed by atoms with Crippen LogP contribution in [0.1, 0.15) is 31.7 Å². The molecular formula is C14H19Br2NS. The van der Waals surface area contributed by atoms with Gasteiger partial charge in [0, 0.05) is 26.8 Å². The van der Waals surface area contributed by atoms with Gasteiger partial charge in [-0.25, -0.2) is 0 Å². The second-order valence-corrected chi connectivity index (χ2v) is 7.89. The van der Waals surface area contributed by atoms with E-state index in [-0.39, 0.29) is 0 Å². The van der Waals surface area contributed by atoms with E-state index in [0.717, 1.165) is 20.7 Å². The van der Waals surface area contributed by atoms with Crippen molar-refractivity contribution in [1.29, 1.82) is 0 Å². The van der Waals surface area contributed by atoms with Gasteiger partial charge in [0.25, 0.3) is 0 Å². The van der Waals surface area contributed by atoms with Gasteiger partial charge in [-0.3, -0.25) is 0 Å². The van der Waals surface area contributed by atoms with Crippen molar-refractivity contribution in [1.82, 2.24) is 5.32 Å². The lowest BCUT2D eigenvalue weighted by molar-refractivity contribution is 0.532. The quantitative estimate of drug-likeness (QED) is 0.758. The van der Waals surface area contributed by atoms with Gasteiger partial charge in [-0.2, -0.15) is 11.8 Å². The lowest BCUT2D eigenvalue weighted by Crippen LogP contribution is -2.33. The number of hydrogen-bond acceptors (Lipinski definition) is 2. The number of hydrogen-bond donors (Lipinski definition) is 1. The normalized spacial score (nSPS) is 23.5. The Bertz CT molecular complexity index is 397. The van der Waals surface area contributed by atoms with Crippen LogP contribution >= 0.6 is 43.6 Å². The zero-order valence-corrected chi connectivity index (χ0v) is 14.6. The molecular weight excluding hydrogens is 374 g/mol. The third-order valence-electron chi connectivity index (χ3n) is 3.39. The number of thioether (sulfide) groups is 1. The SMILES string of the molecule is CCSC1CCCC1NCc1ccc(Br)c(Br)c1. The van der Waals surface area contributed by atoms with Crippen molar-refractivity contribution in [2.24, 2.45) is 0 Å². The topological polar surface area (TPSA) is 12.0 Å². The van der Waals surface area contributed by atoms with Crippen molar-refractivity contribution in [3.05, 3.63) is 32.7 Å². The first kappa shape index (κ1) is 14.9. The summed E-state index contributed by atoms with van der Waals surface area (Å²) >= 11 is 9.17. The molecule has 1 aliphatic rings. The van der Waals surface area contributed by atoms with Gasteiger partial charge in [0.1, 0.15) is 0 Å². The van der Waals surface area contributed by atoms with Crippen LogP contribution in [0.25, 0.3) is 0 Å². The average molecular weight is 393 g/mol. The van der Waals surface area contributed by atoms with E-state index in [0.29, 0.717) is 6.04 Å². The summed E-state index contributed by atoms with van der Waals surface area (Å²) in [5.41, 5.74) is 1.34. The van der Waals surface area contributed by atoms with Crippen LogP contribution in [-0.2, 0) is 6.54 Å². The summed E-state index contributed by atoms with van der Waals surface area (Å²) in [6.07, 6.45) is 4.08. The van der Waals surface area contributed by atoms with E-state index in [1.807, 2.05) is 0 Å². The van der Waals surface area contributed by atoms with Crippen molar-refractivity contribution >= 4 is 43.6 Å². The van der Waals surface area contributed by atoms with Crippen molar-refractivity contribution in [2.45, 2.75) is 44.0 Å². The molecule has 0 bridgehead atoms. The highest BCUT2D eigenvalue weighted by Crippen LogP contribution is 2.30. The summed E-state index contributed by atoms with van der Waals surface area (Å²) < 4.78 is 2.25. The maximum atomic E-state index is 3.72. The molecule has 0 aliphatic heterocycles. The largest absolute Gasteiger partial charge is 0.309 e. The molecule has 0 spiro atoms. The van der Waals surface area contributed by atoms with Gasteiger partial charge in [-0.05, 0) is 68.2 Å². The Morgan fingerprint density at radius 3 is 2.83 bits per heavy atom. The molecule has 0 amide bonds. The summed E-state index contributed by atoms with van der Waals surface area (Å²) in [4.78, 5) is 0. The van der Waals surface area contributed by atoms with Crippen LogP contribution in [0.2, 0.25) is 0 Å². The lowest BCUT2D eigenvalue weighted by Gasteiger charge is -2.20. The molecule has 1 aromatic rings. The Morgan fingerprint density at radius 2 is 2.11 bits per heavy atom. The van der Waals surface area contributed by atoms with Gasteiger partial charge in [0.05, 0.1) is 0 Å². The van der Waals surface area contributed by atoms with Crippen LogP contribution in [0.5, 0.6) is 0 Å². The molecule has 0 aromatic heterocycles. The van der Waals surface area contributed by atoms with E-state index in [1.54, 1.807) is 0 Å². The highest BCUT2D eigenvalue weighted by molar-refractivity contribution is 9.13. The van der Waals surface area contributed by atoms with Crippen molar-refractivity contribution in [3.63, 3.8) is 0 Å². The lowest BCUT2D eigenvalue weighted by atomic mass is 10.2. The zero-order chi connectivity index (χ0) is 13.0. The Morgan fingerprint density at radius 1 is 1.28 bits per heavy atom. The minimum absolute atomic E-state index is 0.692. The van der Waals surface area contributed by atoms with Gasteiger partial charge in [0.2, 0.25) is 0 Å². The fraction of sp³-hybridized carbons (Fsp3) is 0.571. The zero-order valence-electron chi connectivity index (χ0n) is 10.6. The van der Waals surface area contributed by atoms with Crippen LogP contribution in [0.3, 0.4) is 0 Å². The van der Waals surface area contributed by atoms with E-state index < -0.39 is 0 Å². The highest BCUT2D eigenvalue weighted by Gasteiger charge is 2.26. The summed E-state index contributed by atoms with van der Waals surface area (Å²) in [7, 11) is 0. The van der Waals surface area contributed by atoms with Gasteiger partial charge in [-0.15, -0.1) is 0 Å². The second-order valence-electron chi connectivity index (χ2n) is 4.66. The number of halogens is 2. The Labute approximate surface area is 131 Å². The molecule has 2 unspecified atom stereocenters.